The van der Waals surface area contributed by atoms with Crippen molar-refractivity contribution in [3.63, 3.8) is 0 Å². The first-order chi connectivity index (χ1) is 15.2. The Bertz CT molecular complexity index is 1400. The van der Waals surface area contributed by atoms with Gasteiger partial charge in [-0.15, -0.1) is 10.2 Å². The lowest BCUT2D eigenvalue weighted by molar-refractivity contribution is 0.528. The third-order valence-electron chi connectivity index (χ3n) is 5.44. The molecule has 2 fully saturated rings. The molecule has 0 amide bonds. The zero-order valence-corrected chi connectivity index (χ0v) is 17.3. The highest BCUT2D eigenvalue weighted by molar-refractivity contribution is 7.98. The summed E-state index contributed by atoms with van der Waals surface area (Å²) in [5.74, 6) is 2.24. The molecule has 1 aromatic carbocycles. The van der Waals surface area contributed by atoms with Crippen molar-refractivity contribution in [1.82, 2.24) is 29.7 Å². The summed E-state index contributed by atoms with van der Waals surface area (Å²) < 4.78 is 7.41. The molecule has 0 radical (unpaired) electrons. The molecule has 0 bridgehead atoms. The summed E-state index contributed by atoms with van der Waals surface area (Å²) in [5.41, 5.74) is 0.420. The third-order valence-corrected chi connectivity index (χ3v) is 6.40. The Hall–Kier alpha value is -3.27. The molecule has 0 aliphatic heterocycles. The number of fused-ring (bicyclic) bond motifs is 1. The van der Waals surface area contributed by atoms with Crippen LogP contribution < -0.4 is 11.2 Å². The van der Waals surface area contributed by atoms with Gasteiger partial charge in [-0.1, -0.05) is 30.0 Å². The second-order valence-electron chi connectivity index (χ2n) is 7.88. The molecule has 10 heteroatoms. The van der Waals surface area contributed by atoms with E-state index in [9.17, 15) is 9.59 Å². The average molecular weight is 434 g/mol. The molecule has 156 valence electrons. The Morgan fingerprint density at radius 1 is 1.06 bits per heavy atom. The fourth-order valence-corrected chi connectivity index (χ4v) is 4.44. The molecular formula is C21H18N6O3S. The lowest BCUT2D eigenvalue weighted by Gasteiger charge is -2.11. The molecule has 0 atom stereocenters. The SMILES string of the molecule is O=c1[nH]c(=O)n(C2CC2)c2nc(C3CC3)nc(SCc3nnc(-c4ccccc4)o3)c12. The summed E-state index contributed by atoms with van der Waals surface area (Å²) in [6.45, 7) is 0. The number of nitrogens with zero attached hydrogens (tertiary/aromatic N) is 5. The van der Waals surface area contributed by atoms with Crippen molar-refractivity contribution in [3.8, 4) is 11.5 Å². The third kappa shape index (κ3) is 3.46. The number of hydrogen-bond donors (Lipinski definition) is 1. The van der Waals surface area contributed by atoms with Gasteiger partial charge in [0.15, 0.2) is 5.65 Å². The lowest BCUT2D eigenvalue weighted by atomic mass is 10.2. The van der Waals surface area contributed by atoms with E-state index in [1.807, 2.05) is 30.3 Å². The first-order valence-corrected chi connectivity index (χ1v) is 11.2. The number of nitrogens with one attached hydrogen (secondary N) is 1. The Morgan fingerprint density at radius 3 is 2.61 bits per heavy atom. The summed E-state index contributed by atoms with van der Waals surface area (Å²) >= 11 is 1.35. The van der Waals surface area contributed by atoms with Crippen molar-refractivity contribution in [2.75, 3.05) is 0 Å². The van der Waals surface area contributed by atoms with Gasteiger partial charge in [0.2, 0.25) is 11.8 Å². The average Bonchev–Trinajstić information content (AvgIpc) is 3.71. The fourth-order valence-electron chi connectivity index (χ4n) is 3.57. The lowest BCUT2D eigenvalue weighted by Crippen LogP contribution is -2.31. The minimum atomic E-state index is -0.461. The van der Waals surface area contributed by atoms with E-state index in [0.717, 1.165) is 31.2 Å². The van der Waals surface area contributed by atoms with Crippen LogP contribution in [0.2, 0.25) is 0 Å². The van der Waals surface area contributed by atoms with E-state index in [1.165, 1.54) is 11.8 Å². The van der Waals surface area contributed by atoms with Crippen LogP contribution in [0.1, 0.15) is 49.4 Å². The van der Waals surface area contributed by atoms with Crippen LogP contribution >= 0.6 is 11.8 Å². The van der Waals surface area contributed by atoms with Crippen LogP contribution in [0.3, 0.4) is 0 Å². The molecule has 6 rings (SSSR count). The second kappa shape index (κ2) is 7.16. The number of aromatic nitrogens is 6. The number of hydrogen-bond acceptors (Lipinski definition) is 8. The molecular weight excluding hydrogens is 416 g/mol. The minimum Gasteiger partial charge on any atom is -0.420 e. The molecule has 1 N–H and O–H groups in total. The van der Waals surface area contributed by atoms with E-state index in [0.29, 0.717) is 45.3 Å². The highest BCUT2D eigenvalue weighted by Gasteiger charge is 2.32. The highest BCUT2D eigenvalue weighted by atomic mass is 32.2. The van der Waals surface area contributed by atoms with Crippen molar-refractivity contribution in [2.24, 2.45) is 0 Å². The zero-order valence-electron chi connectivity index (χ0n) is 16.4. The van der Waals surface area contributed by atoms with Crippen LogP contribution in [-0.2, 0) is 5.75 Å². The number of rotatable bonds is 6. The predicted molar refractivity (Wildman–Crippen MR) is 114 cm³/mol. The van der Waals surface area contributed by atoms with Crippen molar-refractivity contribution in [1.29, 1.82) is 0 Å². The van der Waals surface area contributed by atoms with Gasteiger partial charge in [0.25, 0.3) is 5.56 Å². The van der Waals surface area contributed by atoms with E-state index >= 15 is 0 Å². The molecule has 3 aromatic heterocycles. The Morgan fingerprint density at radius 2 is 1.87 bits per heavy atom. The molecule has 0 unspecified atom stereocenters. The van der Waals surface area contributed by atoms with Crippen LogP contribution in [0.5, 0.6) is 0 Å². The largest absolute Gasteiger partial charge is 0.420 e. The van der Waals surface area contributed by atoms with Gasteiger partial charge in [0, 0.05) is 17.5 Å². The van der Waals surface area contributed by atoms with Gasteiger partial charge in [0.1, 0.15) is 16.2 Å². The Labute approximate surface area is 180 Å². The van der Waals surface area contributed by atoms with E-state index in [4.69, 9.17) is 4.42 Å². The second-order valence-corrected chi connectivity index (χ2v) is 8.84. The maximum Gasteiger partial charge on any atom is 0.330 e. The summed E-state index contributed by atoms with van der Waals surface area (Å²) in [4.78, 5) is 36.9. The van der Waals surface area contributed by atoms with Gasteiger partial charge < -0.3 is 4.42 Å². The number of thioether (sulfide) groups is 1. The number of H-pyrrole nitrogens is 1. The Kier molecular flexibility index (Phi) is 4.27. The maximum atomic E-state index is 12.7. The van der Waals surface area contributed by atoms with Crippen LogP contribution in [0.4, 0.5) is 0 Å². The summed E-state index contributed by atoms with van der Waals surface area (Å²) in [7, 11) is 0. The minimum absolute atomic E-state index is 0.0935. The summed E-state index contributed by atoms with van der Waals surface area (Å²) in [5, 5.41) is 9.14. The van der Waals surface area contributed by atoms with Crippen LogP contribution in [-0.4, -0.2) is 29.7 Å². The topological polar surface area (TPSA) is 120 Å². The molecule has 31 heavy (non-hydrogen) atoms. The van der Waals surface area contributed by atoms with Gasteiger partial charge in [-0.3, -0.25) is 14.3 Å². The molecule has 4 aromatic rings. The quantitative estimate of drug-likeness (QED) is 0.363. The van der Waals surface area contributed by atoms with E-state index in [2.05, 4.69) is 25.1 Å². The van der Waals surface area contributed by atoms with Crippen molar-refractivity contribution < 1.29 is 4.42 Å². The molecule has 9 nitrogen and oxygen atoms in total. The van der Waals surface area contributed by atoms with Crippen LogP contribution in [0, 0.1) is 0 Å². The van der Waals surface area contributed by atoms with Gasteiger partial charge in [0.05, 0.1) is 5.75 Å². The smallest absolute Gasteiger partial charge is 0.330 e. The molecule has 0 saturated heterocycles. The molecule has 2 aliphatic rings. The van der Waals surface area contributed by atoms with Crippen molar-refractivity contribution in [3.05, 3.63) is 62.9 Å². The highest BCUT2D eigenvalue weighted by Crippen LogP contribution is 2.41. The van der Waals surface area contributed by atoms with Gasteiger partial charge in [-0.25, -0.2) is 14.8 Å². The van der Waals surface area contributed by atoms with E-state index in [1.54, 1.807) is 4.57 Å². The monoisotopic (exact) mass is 434 g/mol. The van der Waals surface area contributed by atoms with Gasteiger partial charge in [-0.05, 0) is 37.8 Å². The van der Waals surface area contributed by atoms with Crippen LogP contribution in [0.15, 0.2) is 49.4 Å². The molecule has 3 heterocycles. The van der Waals surface area contributed by atoms with Gasteiger partial charge >= 0.3 is 5.69 Å². The standard InChI is InChI=1S/C21H18N6O3S/c28-18-15-17(27(13-8-9-13)21(29)24-18)22-16(11-6-7-11)23-20(15)31-10-14-25-26-19(30-14)12-4-2-1-3-5-12/h1-5,11,13H,6-10H2,(H,24,28,29). The molecule has 0 spiro atoms. The van der Waals surface area contributed by atoms with Crippen molar-refractivity contribution >= 4 is 22.8 Å². The number of benzene rings is 1. The Balaban J connectivity index is 1.39. The fraction of sp³-hybridized carbons (Fsp3) is 0.333. The first-order valence-electron chi connectivity index (χ1n) is 10.2. The summed E-state index contributed by atoms with van der Waals surface area (Å²) in [6, 6.07) is 9.64. The first kappa shape index (κ1) is 18.5. The van der Waals surface area contributed by atoms with E-state index < -0.39 is 11.2 Å². The van der Waals surface area contributed by atoms with Crippen LogP contribution in [0.25, 0.3) is 22.5 Å². The normalized spacial score (nSPS) is 16.1. The van der Waals surface area contributed by atoms with Gasteiger partial charge in [-0.2, -0.15) is 0 Å². The van der Waals surface area contributed by atoms with Crippen molar-refractivity contribution in [2.45, 2.75) is 48.4 Å². The number of aromatic amines is 1. The summed E-state index contributed by atoms with van der Waals surface area (Å²) in [6.07, 6.45) is 3.88. The molecule has 2 saturated carbocycles. The van der Waals surface area contributed by atoms with E-state index in [-0.39, 0.29) is 6.04 Å². The zero-order chi connectivity index (χ0) is 20.9. The molecule has 2 aliphatic carbocycles. The predicted octanol–water partition coefficient (Wildman–Crippen LogP) is 3.03. The maximum absolute atomic E-state index is 12.7.